The molecular formula is C28H42ClN3O2. The SMILES string of the molecule is COCCNC(=O)c1nn(-c2cc(C(C)(C)C)cc(C(C)(C)C)c2)c(CC2CCCCC2)c1Cl. The van der Waals surface area contributed by atoms with Crippen molar-refractivity contribution in [3.8, 4) is 5.69 Å². The fourth-order valence-electron chi connectivity index (χ4n) is 4.58. The third-order valence-electron chi connectivity index (χ3n) is 6.82. The van der Waals surface area contributed by atoms with E-state index in [2.05, 4.69) is 65.1 Å². The predicted octanol–water partition coefficient (Wildman–Crippen LogP) is 6.62. The van der Waals surface area contributed by atoms with Crippen molar-refractivity contribution < 1.29 is 9.53 Å². The quantitative estimate of drug-likeness (QED) is 0.446. The van der Waals surface area contributed by atoms with Gasteiger partial charge in [-0.15, -0.1) is 0 Å². The zero-order valence-electron chi connectivity index (χ0n) is 22.1. The highest BCUT2D eigenvalue weighted by Gasteiger charge is 2.27. The van der Waals surface area contributed by atoms with E-state index in [9.17, 15) is 4.79 Å². The minimum atomic E-state index is -0.256. The van der Waals surface area contributed by atoms with Crippen molar-refractivity contribution >= 4 is 17.5 Å². The van der Waals surface area contributed by atoms with Gasteiger partial charge in [-0.05, 0) is 46.4 Å². The smallest absolute Gasteiger partial charge is 0.273 e. The van der Waals surface area contributed by atoms with Gasteiger partial charge in [0.15, 0.2) is 5.69 Å². The standard InChI is InChI=1S/C28H42ClN3O2/c1-27(2,3)20-16-21(28(4,5)6)18-22(17-20)32-23(15-19-11-9-8-10-12-19)24(29)25(31-32)26(33)30-13-14-34-7/h16-19H,8-15H2,1-7H3,(H,30,33). The summed E-state index contributed by atoms with van der Waals surface area (Å²) in [4.78, 5) is 13.0. The maximum atomic E-state index is 13.0. The molecule has 0 aliphatic heterocycles. The summed E-state index contributed by atoms with van der Waals surface area (Å²) in [6.45, 7) is 14.2. The normalized spacial score (nSPS) is 15.5. The third-order valence-corrected chi connectivity index (χ3v) is 7.22. The van der Waals surface area contributed by atoms with E-state index in [1.54, 1.807) is 7.11 Å². The van der Waals surface area contributed by atoms with Crippen LogP contribution in [-0.4, -0.2) is 35.9 Å². The Bertz CT molecular complexity index is 960. The van der Waals surface area contributed by atoms with Crippen LogP contribution >= 0.6 is 11.6 Å². The van der Waals surface area contributed by atoms with E-state index in [4.69, 9.17) is 21.4 Å². The average molecular weight is 488 g/mol. The maximum absolute atomic E-state index is 13.0. The van der Waals surface area contributed by atoms with Crippen molar-refractivity contribution in [1.82, 2.24) is 15.1 Å². The van der Waals surface area contributed by atoms with Crippen molar-refractivity contribution in [3.63, 3.8) is 0 Å². The van der Waals surface area contributed by atoms with Crippen LogP contribution in [0.2, 0.25) is 5.02 Å². The minimum absolute atomic E-state index is 0.0170. The van der Waals surface area contributed by atoms with Gasteiger partial charge in [0, 0.05) is 13.7 Å². The minimum Gasteiger partial charge on any atom is -0.383 e. The number of rotatable bonds is 7. The Morgan fingerprint density at radius 2 is 1.65 bits per heavy atom. The topological polar surface area (TPSA) is 56.1 Å². The number of halogens is 1. The Hall–Kier alpha value is -1.85. The van der Waals surface area contributed by atoms with Crippen LogP contribution in [0.25, 0.3) is 5.69 Å². The van der Waals surface area contributed by atoms with Crippen LogP contribution in [0, 0.1) is 5.92 Å². The molecule has 0 radical (unpaired) electrons. The fraction of sp³-hybridized carbons (Fsp3) is 0.643. The molecule has 0 saturated heterocycles. The first kappa shape index (κ1) is 26.7. The summed E-state index contributed by atoms with van der Waals surface area (Å²) in [5, 5.41) is 8.16. The molecule has 1 fully saturated rings. The number of carbonyl (C=O) groups is 1. The van der Waals surface area contributed by atoms with Crippen LogP contribution < -0.4 is 5.32 Å². The first-order chi connectivity index (χ1) is 15.9. The van der Waals surface area contributed by atoms with Crippen molar-refractivity contribution in [2.45, 2.75) is 90.9 Å². The molecule has 1 aromatic carbocycles. The first-order valence-corrected chi connectivity index (χ1v) is 13.0. The fourth-order valence-corrected chi connectivity index (χ4v) is 4.86. The highest BCUT2D eigenvalue weighted by atomic mass is 35.5. The van der Waals surface area contributed by atoms with Gasteiger partial charge in [-0.1, -0.05) is 91.3 Å². The van der Waals surface area contributed by atoms with Gasteiger partial charge in [-0.25, -0.2) is 4.68 Å². The summed E-state index contributed by atoms with van der Waals surface area (Å²) in [7, 11) is 1.62. The second-order valence-electron chi connectivity index (χ2n) is 11.7. The third kappa shape index (κ3) is 6.42. The first-order valence-electron chi connectivity index (χ1n) is 12.6. The molecule has 1 heterocycles. The lowest BCUT2D eigenvalue weighted by Gasteiger charge is -2.27. The maximum Gasteiger partial charge on any atom is 0.273 e. The second kappa shape index (κ2) is 10.8. The molecule has 1 amide bonds. The van der Waals surface area contributed by atoms with Gasteiger partial charge < -0.3 is 10.1 Å². The molecular weight excluding hydrogens is 446 g/mol. The van der Waals surface area contributed by atoms with Crippen LogP contribution in [0.1, 0.15) is 101 Å². The van der Waals surface area contributed by atoms with Crippen LogP contribution in [-0.2, 0) is 22.0 Å². The van der Waals surface area contributed by atoms with E-state index >= 15 is 0 Å². The van der Waals surface area contributed by atoms with Gasteiger partial charge in [0.2, 0.25) is 0 Å². The molecule has 0 bridgehead atoms. The molecule has 1 aliphatic rings. The number of nitrogens with zero attached hydrogens (tertiary/aromatic N) is 2. The molecule has 188 valence electrons. The molecule has 1 saturated carbocycles. The van der Waals surface area contributed by atoms with Crippen LogP contribution in [0.5, 0.6) is 0 Å². The summed E-state index contributed by atoms with van der Waals surface area (Å²) < 4.78 is 7.01. The van der Waals surface area contributed by atoms with E-state index in [1.165, 1.54) is 43.2 Å². The Kier molecular flexibility index (Phi) is 8.51. The van der Waals surface area contributed by atoms with Gasteiger partial charge in [0.1, 0.15) is 0 Å². The lowest BCUT2D eigenvalue weighted by Crippen LogP contribution is -2.27. The van der Waals surface area contributed by atoms with Gasteiger partial charge in [-0.2, -0.15) is 5.10 Å². The van der Waals surface area contributed by atoms with Gasteiger partial charge in [0.05, 0.1) is 23.0 Å². The molecule has 1 aliphatic carbocycles. The number of carbonyl (C=O) groups excluding carboxylic acids is 1. The summed E-state index contributed by atoms with van der Waals surface area (Å²) in [5.41, 5.74) is 4.67. The van der Waals surface area contributed by atoms with E-state index in [1.807, 2.05) is 4.68 Å². The lowest BCUT2D eigenvalue weighted by molar-refractivity contribution is 0.0932. The average Bonchev–Trinajstić information content (AvgIpc) is 3.09. The van der Waals surface area contributed by atoms with E-state index in [0.717, 1.165) is 17.8 Å². The van der Waals surface area contributed by atoms with Crippen molar-refractivity contribution in [2.75, 3.05) is 20.3 Å². The number of ether oxygens (including phenoxy) is 1. The van der Waals surface area contributed by atoms with E-state index < -0.39 is 0 Å². The van der Waals surface area contributed by atoms with Gasteiger partial charge in [0.25, 0.3) is 5.91 Å². The van der Waals surface area contributed by atoms with E-state index in [-0.39, 0.29) is 16.7 Å². The van der Waals surface area contributed by atoms with Crippen molar-refractivity contribution in [1.29, 1.82) is 0 Å². The Morgan fingerprint density at radius 3 is 2.18 bits per heavy atom. The molecule has 34 heavy (non-hydrogen) atoms. The number of aromatic nitrogens is 2. The van der Waals surface area contributed by atoms with Crippen molar-refractivity contribution in [2.24, 2.45) is 5.92 Å². The molecule has 0 spiro atoms. The largest absolute Gasteiger partial charge is 0.383 e. The Balaban J connectivity index is 2.13. The van der Waals surface area contributed by atoms with Gasteiger partial charge in [-0.3, -0.25) is 4.79 Å². The molecule has 2 aromatic rings. The summed E-state index contributed by atoms with van der Waals surface area (Å²) >= 11 is 6.89. The molecule has 1 aromatic heterocycles. The number of benzene rings is 1. The van der Waals surface area contributed by atoms with Gasteiger partial charge >= 0.3 is 0 Å². The van der Waals surface area contributed by atoms with Crippen molar-refractivity contribution in [3.05, 3.63) is 45.7 Å². The monoisotopic (exact) mass is 487 g/mol. The van der Waals surface area contributed by atoms with Crippen LogP contribution in [0.3, 0.4) is 0 Å². The molecule has 1 N–H and O–H groups in total. The molecule has 0 unspecified atom stereocenters. The van der Waals surface area contributed by atoms with Crippen LogP contribution in [0.4, 0.5) is 0 Å². The summed E-state index contributed by atoms with van der Waals surface area (Å²) in [5.74, 6) is 0.313. The number of amides is 1. The molecule has 3 rings (SSSR count). The highest BCUT2D eigenvalue weighted by Crippen LogP contribution is 2.35. The number of nitrogens with one attached hydrogen (secondary N) is 1. The molecule has 5 nitrogen and oxygen atoms in total. The zero-order chi connectivity index (χ0) is 25.1. The zero-order valence-corrected chi connectivity index (χ0v) is 22.8. The Labute approximate surface area is 210 Å². The summed E-state index contributed by atoms with van der Waals surface area (Å²) in [6.07, 6.45) is 7.06. The second-order valence-corrected chi connectivity index (χ2v) is 12.1. The predicted molar refractivity (Wildman–Crippen MR) is 140 cm³/mol. The van der Waals surface area contributed by atoms with E-state index in [0.29, 0.717) is 29.8 Å². The number of hydrogen-bond acceptors (Lipinski definition) is 3. The number of hydrogen-bond donors (Lipinski definition) is 1. The lowest BCUT2D eigenvalue weighted by atomic mass is 9.80. The summed E-state index contributed by atoms with van der Waals surface area (Å²) in [6, 6.07) is 6.71. The highest BCUT2D eigenvalue weighted by molar-refractivity contribution is 6.34. The number of methoxy groups -OCH3 is 1. The molecule has 6 heteroatoms. The molecule has 0 atom stereocenters. The van der Waals surface area contributed by atoms with Crippen LogP contribution in [0.15, 0.2) is 18.2 Å². The Morgan fingerprint density at radius 1 is 1.06 bits per heavy atom.